The molecule has 19 heavy (non-hydrogen) atoms. The average Bonchev–Trinajstić information content (AvgIpc) is 2.43. The summed E-state index contributed by atoms with van der Waals surface area (Å²) in [5.41, 5.74) is 6.14. The largest absolute Gasteiger partial charge is 0.398 e. The molecule has 0 aliphatic carbocycles. The number of benzene rings is 2. The third kappa shape index (κ3) is 4.27. The Hall–Kier alpha value is -0.970. The topological polar surface area (TPSA) is 43.1 Å². The lowest BCUT2D eigenvalue weighted by molar-refractivity contribution is 0.684. The van der Waals surface area contributed by atoms with Crippen LogP contribution in [0.3, 0.4) is 0 Å². The molecule has 2 nitrogen and oxygen atoms in total. The van der Waals surface area contributed by atoms with Crippen molar-refractivity contribution in [3.8, 4) is 0 Å². The molecule has 2 rings (SSSR count). The summed E-state index contributed by atoms with van der Waals surface area (Å²) in [6, 6.07) is 15.2. The van der Waals surface area contributed by atoms with E-state index in [1.807, 2.05) is 30.3 Å². The first kappa shape index (κ1) is 14.4. The van der Waals surface area contributed by atoms with Crippen LogP contribution in [0.4, 0.5) is 5.69 Å². The molecule has 0 aromatic heterocycles. The molecule has 0 aliphatic rings. The zero-order valence-corrected chi connectivity index (χ0v) is 12.6. The van der Waals surface area contributed by atoms with Crippen LogP contribution in [-0.2, 0) is 10.8 Å². The van der Waals surface area contributed by atoms with Crippen molar-refractivity contribution in [2.24, 2.45) is 0 Å². The first-order valence-corrected chi connectivity index (χ1v) is 8.46. The van der Waals surface area contributed by atoms with Crippen LogP contribution < -0.4 is 5.73 Å². The van der Waals surface area contributed by atoms with Crippen LogP contribution in [-0.4, -0.2) is 15.7 Å². The monoisotopic (exact) mass is 311 g/mol. The predicted molar refractivity (Wildman–Crippen MR) is 84.3 cm³/mol. The van der Waals surface area contributed by atoms with Gasteiger partial charge in [-0.2, -0.15) is 0 Å². The zero-order valence-electron chi connectivity index (χ0n) is 10.2. The molecule has 5 heteroatoms. The number of nitrogen functional groups attached to an aromatic ring is 1. The van der Waals surface area contributed by atoms with Crippen LogP contribution in [0.15, 0.2) is 58.3 Å². The first-order valence-electron chi connectivity index (χ1n) is 5.78. The Labute approximate surface area is 124 Å². The van der Waals surface area contributed by atoms with E-state index in [1.165, 1.54) is 4.90 Å². The van der Waals surface area contributed by atoms with E-state index in [0.717, 1.165) is 10.6 Å². The molecule has 0 saturated carbocycles. The second kappa shape index (κ2) is 6.98. The van der Waals surface area contributed by atoms with Crippen LogP contribution in [0, 0.1) is 0 Å². The van der Waals surface area contributed by atoms with E-state index < -0.39 is 10.8 Å². The number of thioether (sulfide) groups is 1. The summed E-state index contributed by atoms with van der Waals surface area (Å²) in [6.07, 6.45) is 0. The molecule has 0 heterocycles. The van der Waals surface area contributed by atoms with E-state index in [9.17, 15) is 4.21 Å². The summed E-state index contributed by atoms with van der Waals surface area (Å²) < 4.78 is 12.1. The number of hydrogen-bond acceptors (Lipinski definition) is 3. The second-order valence-electron chi connectivity index (χ2n) is 3.89. The maximum Gasteiger partial charge on any atom is 0.0647 e. The van der Waals surface area contributed by atoms with E-state index in [2.05, 4.69) is 0 Å². The molecule has 0 spiro atoms. The van der Waals surface area contributed by atoms with Gasteiger partial charge in [0.2, 0.25) is 0 Å². The minimum Gasteiger partial charge on any atom is -0.398 e. The molecule has 2 aromatic rings. The van der Waals surface area contributed by atoms with Gasteiger partial charge in [-0.05, 0) is 30.3 Å². The van der Waals surface area contributed by atoms with Gasteiger partial charge < -0.3 is 5.73 Å². The number of nitrogens with two attached hydrogens (primary N) is 1. The van der Waals surface area contributed by atoms with E-state index in [1.54, 1.807) is 30.0 Å². The molecule has 0 aliphatic heterocycles. The Kier molecular flexibility index (Phi) is 5.31. The van der Waals surface area contributed by atoms with Crippen molar-refractivity contribution in [3.63, 3.8) is 0 Å². The van der Waals surface area contributed by atoms with E-state index >= 15 is 0 Å². The molecule has 100 valence electrons. The van der Waals surface area contributed by atoms with Crippen molar-refractivity contribution in [3.05, 3.63) is 53.6 Å². The maximum atomic E-state index is 12.1. The quantitative estimate of drug-likeness (QED) is 0.674. The highest BCUT2D eigenvalue weighted by atomic mass is 35.5. The van der Waals surface area contributed by atoms with Crippen molar-refractivity contribution in [1.82, 2.24) is 0 Å². The molecule has 2 aromatic carbocycles. The van der Waals surface area contributed by atoms with Crippen LogP contribution in [0.2, 0.25) is 5.02 Å². The van der Waals surface area contributed by atoms with Crippen molar-refractivity contribution in [2.75, 3.05) is 17.2 Å². The van der Waals surface area contributed by atoms with Gasteiger partial charge in [0.05, 0.1) is 21.5 Å². The van der Waals surface area contributed by atoms with Gasteiger partial charge in [-0.25, -0.2) is 0 Å². The van der Waals surface area contributed by atoms with Crippen molar-refractivity contribution in [2.45, 2.75) is 9.79 Å². The summed E-state index contributed by atoms with van der Waals surface area (Å²) in [5.74, 6) is 1.40. The highest BCUT2D eigenvalue weighted by Gasteiger charge is 2.06. The third-order valence-electron chi connectivity index (χ3n) is 2.52. The number of rotatable bonds is 5. The Morgan fingerprint density at radius 2 is 1.89 bits per heavy atom. The minimum atomic E-state index is -1.04. The average molecular weight is 312 g/mol. The molecular formula is C14H14ClNOS2. The summed E-state index contributed by atoms with van der Waals surface area (Å²) in [5, 5.41) is 0.460. The fourth-order valence-electron chi connectivity index (χ4n) is 1.52. The van der Waals surface area contributed by atoms with Crippen LogP contribution >= 0.6 is 23.4 Å². The lowest BCUT2D eigenvalue weighted by atomic mass is 10.3. The third-order valence-corrected chi connectivity index (χ3v) is 5.47. The Morgan fingerprint density at radius 3 is 2.58 bits per heavy atom. The normalized spacial score (nSPS) is 12.3. The predicted octanol–water partition coefficient (Wildman–Crippen LogP) is 3.82. The standard InChI is InChI=1S/C14H14ClNOS2/c15-13-10-12(6-7-14(13)16)19(17)9-8-18-11-4-2-1-3-5-11/h1-7,10H,8-9,16H2. The van der Waals surface area contributed by atoms with E-state index in [4.69, 9.17) is 17.3 Å². The van der Waals surface area contributed by atoms with Gasteiger partial charge in [0.25, 0.3) is 0 Å². The summed E-state index contributed by atoms with van der Waals surface area (Å²) in [4.78, 5) is 1.92. The van der Waals surface area contributed by atoms with Crippen molar-refractivity contribution in [1.29, 1.82) is 0 Å². The van der Waals surface area contributed by atoms with E-state index in [0.29, 0.717) is 16.5 Å². The molecule has 2 N–H and O–H groups in total. The summed E-state index contributed by atoms with van der Waals surface area (Å²) in [7, 11) is -1.04. The summed E-state index contributed by atoms with van der Waals surface area (Å²) in [6.45, 7) is 0. The fourth-order valence-corrected chi connectivity index (χ4v) is 3.99. The van der Waals surface area contributed by atoms with Gasteiger partial charge in [0, 0.05) is 21.3 Å². The van der Waals surface area contributed by atoms with Gasteiger partial charge in [0.1, 0.15) is 0 Å². The molecule has 0 bridgehead atoms. The highest BCUT2D eigenvalue weighted by molar-refractivity contribution is 8.00. The SMILES string of the molecule is Nc1ccc(S(=O)CCSc2ccccc2)cc1Cl. The molecule has 1 atom stereocenters. The van der Waals surface area contributed by atoms with Gasteiger partial charge >= 0.3 is 0 Å². The van der Waals surface area contributed by atoms with Crippen LogP contribution in [0.25, 0.3) is 0 Å². The minimum absolute atomic E-state index is 0.460. The number of halogens is 1. The van der Waals surface area contributed by atoms with Crippen LogP contribution in [0.5, 0.6) is 0 Å². The summed E-state index contributed by atoms with van der Waals surface area (Å²) >= 11 is 7.62. The first-order chi connectivity index (χ1) is 9.16. The molecule has 0 fully saturated rings. The lowest BCUT2D eigenvalue weighted by Gasteiger charge is -2.04. The molecular weight excluding hydrogens is 298 g/mol. The molecule has 1 unspecified atom stereocenters. The second-order valence-corrected chi connectivity index (χ2v) is 7.04. The van der Waals surface area contributed by atoms with Gasteiger partial charge in [-0.15, -0.1) is 11.8 Å². The highest BCUT2D eigenvalue weighted by Crippen LogP contribution is 2.23. The molecule has 0 radical (unpaired) electrons. The fraction of sp³-hybridized carbons (Fsp3) is 0.143. The Bertz CT molecular complexity index is 575. The van der Waals surface area contributed by atoms with Gasteiger partial charge in [-0.1, -0.05) is 29.8 Å². The lowest BCUT2D eigenvalue weighted by Crippen LogP contribution is -2.01. The number of hydrogen-bond donors (Lipinski definition) is 1. The van der Waals surface area contributed by atoms with Gasteiger partial charge in [0.15, 0.2) is 0 Å². The van der Waals surface area contributed by atoms with Crippen LogP contribution in [0.1, 0.15) is 0 Å². The molecule has 0 saturated heterocycles. The zero-order chi connectivity index (χ0) is 13.7. The van der Waals surface area contributed by atoms with Crippen molar-refractivity contribution >= 4 is 39.8 Å². The smallest absolute Gasteiger partial charge is 0.0647 e. The Balaban J connectivity index is 1.89. The number of anilines is 1. The Morgan fingerprint density at radius 1 is 1.16 bits per heavy atom. The maximum absolute atomic E-state index is 12.1. The van der Waals surface area contributed by atoms with E-state index in [-0.39, 0.29) is 0 Å². The van der Waals surface area contributed by atoms with Crippen molar-refractivity contribution < 1.29 is 4.21 Å². The van der Waals surface area contributed by atoms with Gasteiger partial charge in [-0.3, -0.25) is 4.21 Å². The molecule has 0 amide bonds.